The normalized spacial score (nSPS) is 10.7. The van der Waals surface area contributed by atoms with Crippen LogP contribution in [0.2, 0.25) is 0 Å². The van der Waals surface area contributed by atoms with Crippen LogP contribution < -0.4 is 16.4 Å². The Morgan fingerprint density at radius 2 is 2.00 bits per heavy atom. The van der Waals surface area contributed by atoms with Gasteiger partial charge in [0.25, 0.3) is 5.91 Å². The monoisotopic (exact) mass is 373 g/mol. The largest absolute Gasteiger partial charge is 0.384 e. The summed E-state index contributed by atoms with van der Waals surface area (Å²) >= 11 is 0. The number of anilines is 2. The summed E-state index contributed by atoms with van der Waals surface area (Å²) in [5.41, 5.74) is 9.92. The second kappa shape index (κ2) is 7.75. The molecule has 0 saturated carbocycles. The molecule has 3 aromatic heterocycles. The third-order valence-corrected chi connectivity index (χ3v) is 4.26. The van der Waals surface area contributed by atoms with E-state index in [0.29, 0.717) is 24.6 Å². The Bertz CT molecular complexity index is 1090. The highest BCUT2D eigenvalue weighted by molar-refractivity contribution is 5.95. The van der Waals surface area contributed by atoms with Gasteiger partial charge in [0.2, 0.25) is 0 Å². The summed E-state index contributed by atoms with van der Waals surface area (Å²) in [6.07, 6.45) is 3.30. The first kappa shape index (κ1) is 17.5. The fraction of sp³-hybridized carbons (Fsp3) is 0.100. The Balaban J connectivity index is 1.45. The summed E-state index contributed by atoms with van der Waals surface area (Å²) < 4.78 is 0. The average molecular weight is 373 g/mol. The summed E-state index contributed by atoms with van der Waals surface area (Å²) in [6, 6.07) is 14.9. The van der Waals surface area contributed by atoms with Gasteiger partial charge in [0.1, 0.15) is 11.5 Å². The molecule has 4 rings (SSSR count). The number of H-pyrrole nitrogens is 1. The number of carbonyl (C=O) groups is 1. The molecule has 0 saturated heterocycles. The van der Waals surface area contributed by atoms with E-state index in [-0.39, 0.29) is 5.91 Å². The Morgan fingerprint density at radius 1 is 1.07 bits per heavy atom. The van der Waals surface area contributed by atoms with Crippen molar-refractivity contribution in [3.63, 3.8) is 0 Å². The molecule has 5 N–H and O–H groups in total. The van der Waals surface area contributed by atoms with Gasteiger partial charge >= 0.3 is 0 Å². The first-order valence-corrected chi connectivity index (χ1v) is 8.84. The van der Waals surface area contributed by atoms with E-state index in [1.165, 1.54) is 0 Å². The first-order chi connectivity index (χ1) is 13.7. The van der Waals surface area contributed by atoms with Gasteiger partial charge in [0.15, 0.2) is 0 Å². The van der Waals surface area contributed by atoms with Crippen LogP contribution in [0.15, 0.2) is 60.9 Å². The molecule has 8 nitrogen and oxygen atoms in total. The van der Waals surface area contributed by atoms with Crippen LogP contribution in [0.3, 0.4) is 0 Å². The summed E-state index contributed by atoms with van der Waals surface area (Å²) in [6.45, 7) is 0.991. The maximum Gasteiger partial charge on any atom is 0.269 e. The number of hydrogen-bond acceptors (Lipinski definition) is 6. The molecule has 0 fully saturated rings. The molecule has 4 aromatic rings. The molecule has 3 heterocycles. The summed E-state index contributed by atoms with van der Waals surface area (Å²) in [4.78, 5) is 20.5. The highest BCUT2D eigenvalue weighted by Crippen LogP contribution is 2.28. The first-order valence-electron chi connectivity index (χ1n) is 8.84. The molecule has 0 spiro atoms. The molecule has 140 valence electrons. The van der Waals surface area contributed by atoms with Crippen molar-refractivity contribution in [2.24, 2.45) is 0 Å². The number of rotatable bonds is 6. The van der Waals surface area contributed by atoms with E-state index < -0.39 is 0 Å². The molecular weight excluding hydrogens is 354 g/mol. The number of pyridine rings is 2. The van der Waals surface area contributed by atoms with Crippen molar-refractivity contribution in [1.82, 2.24) is 25.5 Å². The molecule has 0 aliphatic rings. The molecule has 0 radical (unpaired) electrons. The van der Waals surface area contributed by atoms with Crippen LogP contribution in [0, 0.1) is 0 Å². The maximum atomic E-state index is 12.0. The molecule has 28 heavy (non-hydrogen) atoms. The quantitative estimate of drug-likeness (QED) is 0.385. The lowest BCUT2D eigenvalue weighted by molar-refractivity contribution is 0.0950. The van der Waals surface area contributed by atoms with Gasteiger partial charge in [-0.25, -0.2) is 4.98 Å². The topological polar surface area (TPSA) is 122 Å². The summed E-state index contributed by atoms with van der Waals surface area (Å²) in [5.74, 6) is 0.222. The van der Waals surface area contributed by atoms with E-state index in [0.717, 1.165) is 27.8 Å². The zero-order chi connectivity index (χ0) is 19.3. The number of carbonyl (C=O) groups excluding carboxylic acids is 1. The average Bonchev–Trinajstić information content (AvgIpc) is 3.26. The molecule has 0 aliphatic carbocycles. The predicted molar refractivity (Wildman–Crippen MR) is 109 cm³/mol. The van der Waals surface area contributed by atoms with Crippen LogP contribution >= 0.6 is 0 Å². The van der Waals surface area contributed by atoms with Crippen LogP contribution in [0.4, 0.5) is 11.5 Å². The van der Waals surface area contributed by atoms with E-state index in [2.05, 4.69) is 30.8 Å². The van der Waals surface area contributed by atoms with E-state index in [1.54, 1.807) is 36.7 Å². The van der Waals surface area contributed by atoms with Crippen LogP contribution in [0.5, 0.6) is 0 Å². The van der Waals surface area contributed by atoms with Crippen molar-refractivity contribution in [1.29, 1.82) is 0 Å². The molecule has 0 atom stereocenters. The highest BCUT2D eigenvalue weighted by Gasteiger charge is 2.08. The van der Waals surface area contributed by atoms with Crippen LogP contribution in [-0.2, 0) is 0 Å². The van der Waals surface area contributed by atoms with Gasteiger partial charge in [0.05, 0.1) is 11.2 Å². The fourth-order valence-corrected chi connectivity index (χ4v) is 2.94. The molecular formula is C20H19N7O. The van der Waals surface area contributed by atoms with E-state index >= 15 is 0 Å². The number of hydrogen-bond donors (Lipinski definition) is 4. The van der Waals surface area contributed by atoms with Crippen molar-refractivity contribution in [3.05, 3.63) is 66.6 Å². The molecule has 0 unspecified atom stereocenters. The maximum absolute atomic E-state index is 12.0. The van der Waals surface area contributed by atoms with Crippen molar-refractivity contribution >= 4 is 28.3 Å². The number of nitrogens with one attached hydrogen (secondary N) is 3. The van der Waals surface area contributed by atoms with E-state index in [1.807, 2.05) is 24.3 Å². The van der Waals surface area contributed by atoms with E-state index in [9.17, 15) is 4.79 Å². The number of nitrogens with zero attached hydrogens (tertiary/aromatic N) is 3. The third kappa shape index (κ3) is 3.75. The van der Waals surface area contributed by atoms with Gasteiger partial charge in [-0.15, -0.1) is 0 Å². The van der Waals surface area contributed by atoms with Crippen molar-refractivity contribution in [3.8, 4) is 11.3 Å². The van der Waals surface area contributed by atoms with Crippen LogP contribution in [0.1, 0.15) is 10.5 Å². The van der Waals surface area contributed by atoms with Crippen LogP contribution in [-0.4, -0.2) is 39.2 Å². The Labute approximate surface area is 161 Å². The van der Waals surface area contributed by atoms with Gasteiger partial charge in [-0.05, 0) is 24.3 Å². The van der Waals surface area contributed by atoms with Crippen molar-refractivity contribution in [2.45, 2.75) is 0 Å². The van der Waals surface area contributed by atoms with Gasteiger partial charge in [-0.1, -0.05) is 18.2 Å². The lowest BCUT2D eigenvalue weighted by atomic mass is 10.1. The smallest absolute Gasteiger partial charge is 0.269 e. The number of fused-ring (bicyclic) bond motifs is 1. The molecule has 0 aliphatic heterocycles. The second-order valence-electron chi connectivity index (χ2n) is 6.19. The molecule has 0 bridgehead atoms. The predicted octanol–water partition coefficient (Wildman–Crippen LogP) is 2.44. The molecule has 1 amide bonds. The lowest BCUT2D eigenvalue weighted by Crippen LogP contribution is -2.29. The minimum absolute atomic E-state index is 0.203. The number of amides is 1. The Kier molecular flexibility index (Phi) is 4.83. The van der Waals surface area contributed by atoms with Gasteiger partial charge < -0.3 is 16.4 Å². The zero-order valence-corrected chi connectivity index (χ0v) is 15.0. The van der Waals surface area contributed by atoms with Crippen molar-refractivity contribution < 1.29 is 4.79 Å². The fourth-order valence-electron chi connectivity index (χ4n) is 2.94. The van der Waals surface area contributed by atoms with E-state index in [4.69, 9.17) is 5.73 Å². The number of aromatic nitrogens is 4. The lowest BCUT2D eigenvalue weighted by Gasteiger charge is -2.12. The minimum atomic E-state index is -0.203. The molecule has 1 aromatic carbocycles. The number of benzene rings is 1. The number of nitrogen functional groups attached to an aromatic ring is 1. The number of aromatic amines is 1. The third-order valence-electron chi connectivity index (χ3n) is 4.26. The zero-order valence-electron chi connectivity index (χ0n) is 15.0. The minimum Gasteiger partial charge on any atom is -0.384 e. The van der Waals surface area contributed by atoms with Crippen LogP contribution in [0.25, 0.3) is 22.2 Å². The Hall–Kier alpha value is -3.94. The number of nitrogens with two attached hydrogens (primary N) is 1. The van der Waals surface area contributed by atoms with Gasteiger partial charge in [0, 0.05) is 48.2 Å². The highest BCUT2D eigenvalue weighted by atomic mass is 16.1. The summed E-state index contributed by atoms with van der Waals surface area (Å²) in [7, 11) is 0. The SMILES string of the molecule is Nc1cc(NCCNC(=O)c2ccccn2)c2ccc(-c3ccn[nH]3)cc2n1. The standard InChI is InChI=1S/C20H19N7O/c21-19-12-17(23-9-10-24-20(28)16-3-1-2-7-22-16)14-5-4-13(11-18(14)26-19)15-6-8-25-27-15/h1-8,11-12H,9-10H2,(H,24,28)(H,25,27)(H3,21,23,26). The van der Waals surface area contributed by atoms with Gasteiger partial charge in [-0.2, -0.15) is 5.10 Å². The summed E-state index contributed by atoms with van der Waals surface area (Å²) in [5, 5.41) is 14.0. The molecule has 8 heteroatoms. The van der Waals surface area contributed by atoms with Crippen molar-refractivity contribution in [2.75, 3.05) is 24.1 Å². The Morgan fingerprint density at radius 3 is 2.79 bits per heavy atom. The second-order valence-corrected chi connectivity index (χ2v) is 6.19. The van der Waals surface area contributed by atoms with Gasteiger partial charge in [-0.3, -0.25) is 14.9 Å².